The van der Waals surface area contributed by atoms with Crippen LogP contribution in [0.5, 0.6) is 0 Å². The van der Waals surface area contributed by atoms with Crippen LogP contribution in [-0.4, -0.2) is 20.9 Å². The maximum Gasteiger partial charge on any atom is 0.357 e. The van der Waals surface area contributed by atoms with Gasteiger partial charge in [0.15, 0.2) is 0 Å². The standard InChI is InChI=1S/C15H11N3O3/c19-14-11-6-12(16-7-13(11)17-9-18-14)15(20)21-8-10-4-2-1-3-5-10/h1-7,9H,8H2,(H,17,18,19). The summed E-state index contributed by atoms with van der Waals surface area (Å²) in [5, 5.41) is 0.305. The van der Waals surface area contributed by atoms with Crippen molar-refractivity contribution in [3.63, 3.8) is 0 Å². The number of nitrogens with zero attached hydrogens (tertiary/aromatic N) is 2. The summed E-state index contributed by atoms with van der Waals surface area (Å²) in [5.74, 6) is -0.580. The first kappa shape index (κ1) is 13.0. The molecule has 3 rings (SSSR count). The van der Waals surface area contributed by atoms with Gasteiger partial charge in [-0.2, -0.15) is 0 Å². The Morgan fingerprint density at radius 3 is 2.81 bits per heavy atom. The van der Waals surface area contributed by atoms with Crippen LogP contribution in [0.3, 0.4) is 0 Å². The van der Waals surface area contributed by atoms with Crippen LogP contribution < -0.4 is 5.56 Å². The molecule has 6 heteroatoms. The van der Waals surface area contributed by atoms with Crippen LogP contribution in [0.25, 0.3) is 10.9 Å². The average Bonchev–Trinajstić information content (AvgIpc) is 2.54. The molecule has 0 aliphatic carbocycles. The fraction of sp³-hybridized carbons (Fsp3) is 0.0667. The van der Waals surface area contributed by atoms with Gasteiger partial charge in [-0.25, -0.2) is 14.8 Å². The minimum atomic E-state index is -0.580. The Morgan fingerprint density at radius 1 is 1.19 bits per heavy atom. The van der Waals surface area contributed by atoms with Gasteiger partial charge in [0.05, 0.1) is 23.4 Å². The Labute approximate surface area is 119 Å². The van der Waals surface area contributed by atoms with Gasteiger partial charge in [0.1, 0.15) is 12.3 Å². The van der Waals surface area contributed by atoms with Gasteiger partial charge in [-0.1, -0.05) is 30.3 Å². The van der Waals surface area contributed by atoms with Gasteiger partial charge in [0, 0.05) is 0 Å². The summed E-state index contributed by atoms with van der Waals surface area (Å²) in [6.07, 6.45) is 2.67. The lowest BCUT2D eigenvalue weighted by molar-refractivity contribution is 0.0466. The zero-order chi connectivity index (χ0) is 14.7. The second-order valence-electron chi connectivity index (χ2n) is 4.38. The lowest BCUT2D eigenvalue weighted by atomic mass is 10.2. The number of nitrogens with one attached hydrogen (secondary N) is 1. The molecule has 21 heavy (non-hydrogen) atoms. The van der Waals surface area contributed by atoms with Gasteiger partial charge in [-0.3, -0.25) is 4.79 Å². The van der Waals surface area contributed by atoms with E-state index in [-0.39, 0.29) is 17.9 Å². The molecular formula is C15H11N3O3. The highest BCUT2D eigenvalue weighted by molar-refractivity contribution is 5.91. The molecule has 1 aromatic carbocycles. The maximum absolute atomic E-state index is 12.0. The molecule has 0 saturated carbocycles. The second kappa shape index (κ2) is 5.54. The molecule has 0 bridgehead atoms. The zero-order valence-corrected chi connectivity index (χ0v) is 10.9. The van der Waals surface area contributed by atoms with Crippen molar-refractivity contribution in [1.29, 1.82) is 0 Å². The van der Waals surface area contributed by atoms with Crippen molar-refractivity contribution >= 4 is 16.9 Å². The third-order valence-corrected chi connectivity index (χ3v) is 2.95. The number of ether oxygens (including phenoxy) is 1. The predicted molar refractivity (Wildman–Crippen MR) is 75.7 cm³/mol. The summed E-state index contributed by atoms with van der Waals surface area (Å²) in [4.78, 5) is 34.0. The van der Waals surface area contributed by atoms with Crippen LogP contribution >= 0.6 is 0 Å². The van der Waals surface area contributed by atoms with E-state index in [2.05, 4.69) is 15.0 Å². The summed E-state index contributed by atoms with van der Waals surface area (Å²) < 4.78 is 5.17. The van der Waals surface area contributed by atoms with E-state index in [4.69, 9.17) is 4.74 Å². The van der Waals surface area contributed by atoms with E-state index >= 15 is 0 Å². The van der Waals surface area contributed by atoms with Gasteiger partial charge in [-0.15, -0.1) is 0 Å². The molecule has 0 aliphatic heterocycles. The van der Waals surface area contributed by atoms with Gasteiger partial charge in [-0.05, 0) is 11.6 Å². The number of fused-ring (bicyclic) bond motifs is 1. The number of H-pyrrole nitrogens is 1. The number of pyridine rings is 1. The lowest BCUT2D eigenvalue weighted by Crippen LogP contribution is -2.11. The summed E-state index contributed by atoms with van der Waals surface area (Å²) in [6.45, 7) is 0.156. The largest absolute Gasteiger partial charge is 0.456 e. The van der Waals surface area contributed by atoms with E-state index in [1.165, 1.54) is 18.6 Å². The summed E-state index contributed by atoms with van der Waals surface area (Å²) in [7, 11) is 0. The first-order valence-corrected chi connectivity index (χ1v) is 6.28. The minimum absolute atomic E-state index is 0.0805. The fourth-order valence-corrected chi connectivity index (χ4v) is 1.88. The Balaban J connectivity index is 1.82. The van der Waals surface area contributed by atoms with Gasteiger partial charge in [0.2, 0.25) is 0 Å². The quantitative estimate of drug-likeness (QED) is 0.738. The van der Waals surface area contributed by atoms with Gasteiger partial charge < -0.3 is 9.72 Å². The van der Waals surface area contributed by atoms with Crippen molar-refractivity contribution < 1.29 is 9.53 Å². The summed E-state index contributed by atoms with van der Waals surface area (Å²) in [5.41, 5.74) is 1.07. The van der Waals surface area contributed by atoms with Crippen LogP contribution in [0.15, 0.2) is 53.7 Å². The molecular weight excluding hydrogens is 270 g/mol. The normalized spacial score (nSPS) is 10.5. The van der Waals surface area contributed by atoms with E-state index in [9.17, 15) is 9.59 Å². The van der Waals surface area contributed by atoms with E-state index in [1.54, 1.807) is 0 Å². The first-order valence-electron chi connectivity index (χ1n) is 6.28. The highest BCUT2D eigenvalue weighted by Gasteiger charge is 2.11. The number of esters is 1. The van der Waals surface area contributed by atoms with E-state index in [0.717, 1.165) is 5.56 Å². The Kier molecular flexibility index (Phi) is 3.42. The summed E-state index contributed by atoms with van der Waals surface area (Å²) >= 11 is 0. The molecule has 0 saturated heterocycles. The molecule has 0 amide bonds. The van der Waals surface area contributed by atoms with Gasteiger partial charge >= 0.3 is 5.97 Å². The minimum Gasteiger partial charge on any atom is -0.456 e. The number of hydrogen-bond acceptors (Lipinski definition) is 5. The Bertz CT molecular complexity index is 843. The molecule has 2 aromatic heterocycles. The molecule has 3 aromatic rings. The van der Waals surface area contributed by atoms with Crippen molar-refractivity contribution in [2.75, 3.05) is 0 Å². The highest BCUT2D eigenvalue weighted by atomic mass is 16.5. The molecule has 0 fully saturated rings. The molecule has 2 heterocycles. The molecule has 104 valence electrons. The molecule has 0 unspecified atom stereocenters. The highest BCUT2D eigenvalue weighted by Crippen LogP contribution is 2.09. The third kappa shape index (κ3) is 2.79. The number of aromatic amines is 1. The topological polar surface area (TPSA) is 84.9 Å². The number of benzene rings is 1. The second-order valence-corrected chi connectivity index (χ2v) is 4.38. The number of rotatable bonds is 3. The number of carbonyl (C=O) groups is 1. The first-order chi connectivity index (χ1) is 10.2. The van der Waals surface area contributed by atoms with E-state index < -0.39 is 5.97 Å². The number of hydrogen-bond donors (Lipinski definition) is 1. The van der Waals surface area contributed by atoms with E-state index in [0.29, 0.717) is 10.9 Å². The van der Waals surface area contributed by atoms with Gasteiger partial charge in [0.25, 0.3) is 5.56 Å². The van der Waals surface area contributed by atoms with Crippen molar-refractivity contribution in [2.24, 2.45) is 0 Å². The van der Waals surface area contributed by atoms with Crippen LogP contribution in [0.1, 0.15) is 16.1 Å². The number of aromatic nitrogens is 3. The molecule has 6 nitrogen and oxygen atoms in total. The van der Waals surface area contributed by atoms with Crippen LogP contribution in [-0.2, 0) is 11.3 Å². The molecule has 0 radical (unpaired) electrons. The van der Waals surface area contributed by atoms with Crippen molar-refractivity contribution in [3.8, 4) is 0 Å². The van der Waals surface area contributed by atoms with Crippen LogP contribution in [0.2, 0.25) is 0 Å². The van der Waals surface area contributed by atoms with Crippen LogP contribution in [0, 0.1) is 0 Å². The molecule has 0 atom stereocenters. The fourth-order valence-electron chi connectivity index (χ4n) is 1.88. The summed E-state index contributed by atoms with van der Waals surface area (Å²) in [6, 6.07) is 10.7. The maximum atomic E-state index is 12.0. The SMILES string of the molecule is O=C(OCc1ccccc1)c1cc2c(=O)[nH]cnc2cn1. The lowest BCUT2D eigenvalue weighted by Gasteiger charge is -2.04. The van der Waals surface area contributed by atoms with Crippen LogP contribution in [0.4, 0.5) is 0 Å². The van der Waals surface area contributed by atoms with Crippen molar-refractivity contribution in [2.45, 2.75) is 6.61 Å². The molecule has 0 aliphatic rings. The average molecular weight is 281 g/mol. The zero-order valence-electron chi connectivity index (χ0n) is 10.9. The Hall–Kier alpha value is -3.02. The van der Waals surface area contributed by atoms with Crippen molar-refractivity contribution in [3.05, 3.63) is 70.5 Å². The predicted octanol–water partition coefficient (Wildman–Crippen LogP) is 1.68. The smallest absolute Gasteiger partial charge is 0.357 e. The Morgan fingerprint density at radius 2 is 2.00 bits per heavy atom. The van der Waals surface area contributed by atoms with Crippen molar-refractivity contribution in [1.82, 2.24) is 15.0 Å². The number of carbonyl (C=O) groups excluding carboxylic acids is 1. The molecule has 1 N–H and O–H groups in total. The monoisotopic (exact) mass is 281 g/mol. The molecule has 0 spiro atoms. The third-order valence-electron chi connectivity index (χ3n) is 2.95. The van der Waals surface area contributed by atoms with E-state index in [1.807, 2.05) is 30.3 Å².